The van der Waals surface area contributed by atoms with Crippen molar-refractivity contribution < 1.29 is 14.7 Å². The molecule has 2 atom stereocenters. The standard InChI is InChI=1S/C20H28N2O3/c23-19(17-8-4-5-9-18(17)20(24)25)22-14-12-21(13-15-22)11-10-16-6-2-1-3-7-16/h1-3,6-7,17-18H,4-5,8-15H2,(H,24,25)/t17-,18+/m0/s1. The van der Waals surface area contributed by atoms with Crippen LogP contribution in [-0.2, 0) is 16.0 Å². The molecule has 1 aromatic carbocycles. The lowest BCUT2D eigenvalue weighted by Crippen LogP contribution is -2.52. The molecule has 2 fully saturated rings. The smallest absolute Gasteiger partial charge is 0.307 e. The fraction of sp³-hybridized carbons (Fsp3) is 0.600. The van der Waals surface area contributed by atoms with Crippen molar-refractivity contribution in [3.8, 4) is 0 Å². The Hall–Kier alpha value is -1.88. The third-order valence-corrected chi connectivity index (χ3v) is 5.64. The topological polar surface area (TPSA) is 60.9 Å². The highest BCUT2D eigenvalue weighted by Crippen LogP contribution is 2.32. The average Bonchev–Trinajstić information content (AvgIpc) is 2.67. The lowest BCUT2D eigenvalue weighted by atomic mass is 9.78. The van der Waals surface area contributed by atoms with Crippen molar-refractivity contribution in [2.24, 2.45) is 11.8 Å². The van der Waals surface area contributed by atoms with Gasteiger partial charge in [-0.3, -0.25) is 14.5 Å². The lowest BCUT2D eigenvalue weighted by molar-refractivity contribution is -0.153. The first kappa shape index (κ1) is 17.9. The monoisotopic (exact) mass is 344 g/mol. The number of benzene rings is 1. The van der Waals surface area contributed by atoms with Crippen molar-refractivity contribution in [3.05, 3.63) is 35.9 Å². The molecule has 5 nitrogen and oxygen atoms in total. The van der Waals surface area contributed by atoms with Crippen LogP contribution in [0.2, 0.25) is 0 Å². The fourth-order valence-corrected chi connectivity index (χ4v) is 4.08. The third-order valence-electron chi connectivity index (χ3n) is 5.64. The van der Waals surface area contributed by atoms with E-state index in [1.165, 1.54) is 5.56 Å². The number of nitrogens with zero attached hydrogens (tertiary/aromatic N) is 2. The van der Waals surface area contributed by atoms with Gasteiger partial charge in [0.1, 0.15) is 0 Å². The Morgan fingerprint density at radius 3 is 2.24 bits per heavy atom. The van der Waals surface area contributed by atoms with Crippen LogP contribution in [0.4, 0.5) is 0 Å². The maximum atomic E-state index is 12.8. The number of carbonyl (C=O) groups is 2. The number of hydrogen-bond acceptors (Lipinski definition) is 3. The quantitative estimate of drug-likeness (QED) is 0.890. The van der Waals surface area contributed by atoms with Crippen molar-refractivity contribution in [3.63, 3.8) is 0 Å². The van der Waals surface area contributed by atoms with E-state index < -0.39 is 11.9 Å². The normalized spacial score (nSPS) is 24.9. The fourth-order valence-electron chi connectivity index (χ4n) is 4.08. The molecule has 1 saturated carbocycles. The molecule has 3 rings (SSSR count). The largest absolute Gasteiger partial charge is 0.481 e. The molecule has 5 heteroatoms. The van der Waals surface area contributed by atoms with E-state index in [1.54, 1.807) is 0 Å². The maximum absolute atomic E-state index is 12.8. The summed E-state index contributed by atoms with van der Waals surface area (Å²) in [6, 6.07) is 10.5. The highest BCUT2D eigenvalue weighted by atomic mass is 16.4. The number of rotatable bonds is 5. The average molecular weight is 344 g/mol. The summed E-state index contributed by atoms with van der Waals surface area (Å²) in [5.74, 6) is -1.55. The number of carbonyl (C=O) groups excluding carboxylic acids is 1. The Morgan fingerprint density at radius 2 is 1.60 bits per heavy atom. The minimum absolute atomic E-state index is 0.0646. The number of amides is 1. The second kappa shape index (κ2) is 8.48. The minimum Gasteiger partial charge on any atom is -0.481 e. The van der Waals surface area contributed by atoms with E-state index in [1.807, 2.05) is 11.0 Å². The molecule has 1 aromatic rings. The summed E-state index contributed by atoms with van der Waals surface area (Å²) in [6.45, 7) is 4.20. The van der Waals surface area contributed by atoms with Gasteiger partial charge in [-0.25, -0.2) is 0 Å². The number of piperazine rings is 1. The summed E-state index contributed by atoms with van der Waals surface area (Å²) in [7, 11) is 0. The molecule has 0 aromatic heterocycles. The molecule has 0 radical (unpaired) electrons. The molecule has 1 N–H and O–H groups in total. The van der Waals surface area contributed by atoms with E-state index in [2.05, 4.69) is 29.2 Å². The lowest BCUT2D eigenvalue weighted by Gasteiger charge is -2.38. The van der Waals surface area contributed by atoms with Gasteiger partial charge >= 0.3 is 5.97 Å². The predicted molar refractivity (Wildman–Crippen MR) is 96.2 cm³/mol. The van der Waals surface area contributed by atoms with Crippen LogP contribution in [0.15, 0.2) is 30.3 Å². The van der Waals surface area contributed by atoms with Crippen LogP contribution in [0, 0.1) is 11.8 Å². The molecular weight excluding hydrogens is 316 g/mol. The first-order valence-corrected chi connectivity index (χ1v) is 9.43. The first-order chi connectivity index (χ1) is 12.1. The molecule has 1 saturated heterocycles. The van der Waals surface area contributed by atoms with Gasteiger partial charge in [0.05, 0.1) is 11.8 Å². The number of aliphatic carboxylic acids is 1. The molecule has 1 aliphatic heterocycles. The number of hydrogen-bond donors (Lipinski definition) is 1. The van der Waals surface area contributed by atoms with Gasteiger partial charge in [0.15, 0.2) is 0 Å². The van der Waals surface area contributed by atoms with Crippen LogP contribution in [-0.4, -0.2) is 59.5 Å². The van der Waals surface area contributed by atoms with E-state index >= 15 is 0 Å². The molecule has 0 spiro atoms. The highest BCUT2D eigenvalue weighted by molar-refractivity contribution is 5.85. The Kier molecular flexibility index (Phi) is 6.08. The maximum Gasteiger partial charge on any atom is 0.307 e. The Bertz CT molecular complexity index is 582. The summed E-state index contributed by atoms with van der Waals surface area (Å²) in [4.78, 5) is 28.5. The summed E-state index contributed by atoms with van der Waals surface area (Å²) >= 11 is 0. The summed E-state index contributed by atoms with van der Waals surface area (Å²) in [6.07, 6.45) is 4.29. The molecule has 2 aliphatic rings. The molecule has 25 heavy (non-hydrogen) atoms. The third kappa shape index (κ3) is 4.60. The van der Waals surface area contributed by atoms with Gasteiger partial charge < -0.3 is 10.0 Å². The second-order valence-electron chi connectivity index (χ2n) is 7.24. The van der Waals surface area contributed by atoms with E-state index in [0.717, 1.165) is 58.4 Å². The van der Waals surface area contributed by atoms with E-state index in [9.17, 15) is 14.7 Å². The van der Waals surface area contributed by atoms with Gasteiger partial charge in [-0.1, -0.05) is 43.2 Å². The Morgan fingerprint density at radius 1 is 0.960 bits per heavy atom. The number of carboxylic acids is 1. The van der Waals surface area contributed by atoms with E-state index in [-0.39, 0.29) is 11.8 Å². The Labute approximate surface area is 149 Å². The van der Waals surface area contributed by atoms with Crippen molar-refractivity contribution in [1.82, 2.24) is 9.80 Å². The van der Waals surface area contributed by atoms with Crippen molar-refractivity contribution in [2.45, 2.75) is 32.1 Å². The SMILES string of the molecule is O=C(O)[C@@H]1CCCC[C@@H]1C(=O)N1CCN(CCc2ccccc2)CC1. The Balaban J connectivity index is 1.48. The zero-order chi connectivity index (χ0) is 17.6. The second-order valence-corrected chi connectivity index (χ2v) is 7.24. The molecule has 1 aliphatic carbocycles. The van der Waals surface area contributed by atoms with Crippen molar-refractivity contribution >= 4 is 11.9 Å². The van der Waals surface area contributed by atoms with Gasteiger partial charge in [0.25, 0.3) is 0 Å². The molecule has 0 bridgehead atoms. The van der Waals surface area contributed by atoms with Crippen LogP contribution in [0.1, 0.15) is 31.2 Å². The highest BCUT2D eigenvalue weighted by Gasteiger charge is 2.38. The molecule has 1 heterocycles. The molecule has 1 amide bonds. The molecule has 0 unspecified atom stereocenters. The van der Waals surface area contributed by atoms with Gasteiger partial charge in [0, 0.05) is 32.7 Å². The molecule has 136 valence electrons. The predicted octanol–water partition coefficient (Wildman–Crippen LogP) is 2.26. The van der Waals surface area contributed by atoms with Crippen LogP contribution in [0.5, 0.6) is 0 Å². The zero-order valence-electron chi connectivity index (χ0n) is 14.8. The summed E-state index contributed by atoms with van der Waals surface area (Å²) in [5.41, 5.74) is 1.34. The van der Waals surface area contributed by atoms with Gasteiger partial charge in [-0.05, 0) is 24.8 Å². The zero-order valence-corrected chi connectivity index (χ0v) is 14.8. The van der Waals surface area contributed by atoms with Crippen LogP contribution >= 0.6 is 0 Å². The van der Waals surface area contributed by atoms with E-state index in [4.69, 9.17) is 0 Å². The molecular formula is C20H28N2O3. The summed E-state index contributed by atoms with van der Waals surface area (Å²) < 4.78 is 0. The summed E-state index contributed by atoms with van der Waals surface area (Å²) in [5, 5.41) is 9.40. The van der Waals surface area contributed by atoms with Crippen LogP contribution in [0.25, 0.3) is 0 Å². The van der Waals surface area contributed by atoms with Crippen LogP contribution in [0.3, 0.4) is 0 Å². The van der Waals surface area contributed by atoms with Crippen molar-refractivity contribution in [2.75, 3.05) is 32.7 Å². The van der Waals surface area contributed by atoms with Gasteiger partial charge in [-0.2, -0.15) is 0 Å². The van der Waals surface area contributed by atoms with Gasteiger partial charge in [-0.15, -0.1) is 0 Å². The minimum atomic E-state index is -0.806. The number of carboxylic acid groups (broad SMARTS) is 1. The first-order valence-electron chi connectivity index (χ1n) is 9.43. The van der Waals surface area contributed by atoms with E-state index in [0.29, 0.717) is 6.42 Å². The van der Waals surface area contributed by atoms with Gasteiger partial charge in [0.2, 0.25) is 5.91 Å². The van der Waals surface area contributed by atoms with Crippen LogP contribution < -0.4 is 0 Å². The van der Waals surface area contributed by atoms with Crippen molar-refractivity contribution in [1.29, 1.82) is 0 Å².